The highest BCUT2D eigenvalue weighted by Gasteiger charge is 2.04. The maximum absolute atomic E-state index is 8.35. The minimum absolute atomic E-state index is 0.111. The van der Waals surface area contributed by atoms with Crippen molar-refractivity contribution in [1.29, 1.82) is 5.26 Å². The summed E-state index contributed by atoms with van der Waals surface area (Å²) in [5, 5.41) is 10.6. The second-order valence-corrected chi connectivity index (χ2v) is 3.43. The first-order valence-corrected chi connectivity index (χ1v) is 5.37. The molecule has 0 saturated heterocycles. The molecule has 0 atom stereocenters. The molecule has 96 valence electrons. The first kappa shape index (κ1) is 13.6. The lowest BCUT2D eigenvalue weighted by atomic mass is 10.1. The fourth-order valence-corrected chi connectivity index (χ4v) is 1.47. The van der Waals surface area contributed by atoms with Crippen LogP contribution in [-0.2, 0) is 6.42 Å². The molecule has 1 aromatic rings. The third kappa shape index (κ3) is 3.87. The van der Waals surface area contributed by atoms with Gasteiger partial charge in [0.25, 0.3) is 0 Å². The van der Waals surface area contributed by atoms with Gasteiger partial charge in [-0.25, -0.2) is 0 Å². The smallest absolute Gasteiger partial charge is 0.202 e. The van der Waals surface area contributed by atoms with Crippen molar-refractivity contribution in [3.8, 4) is 17.7 Å². The van der Waals surface area contributed by atoms with Crippen LogP contribution in [0.2, 0.25) is 0 Å². The second-order valence-electron chi connectivity index (χ2n) is 3.43. The zero-order chi connectivity index (χ0) is 13.4. The number of hydrogen-bond acceptors (Lipinski definition) is 4. The van der Waals surface area contributed by atoms with Gasteiger partial charge >= 0.3 is 0 Å². The molecule has 6 heteroatoms. The van der Waals surface area contributed by atoms with Crippen molar-refractivity contribution in [3.63, 3.8) is 0 Å². The maximum atomic E-state index is 8.35. The van der Waals surface area contributed by atoms with E-state index in [1.165, 1.54) is 0 Å². The van der Waals surface area contributed by atoms with Crippen LogP contribution < -0.4 is 20.5 Å². The lowest BCUT2D eigenvalue weighted by Crippen LogP contribution is -2.27. The van der Waals surface area contributed by atoms with E-state index < -0.39 is 0 Å². The molecule has 3 N–H and O–H groups in total. The summed E-state index contributed by atoms with van der Waals surface area (Å²) in [7, 11) is 3.22. The molecular weight excluding hydrogens is 232 g/mol. The van der Waals surface area contributed by atoms with E-state index in [2.05, 4.69) is 10.3 Å². The minimum atomic E-state index is 0.111. The summed E-state index contributed by atoms with van der Waals surface area (Å²) in [4.78, 5) is 4.00. The number of ether oxygens (including phenoxy) is 2. The Morgan fingerprint density at radius 1 is 1.44 bits per heavy atom. The van der Waals surface area contributed by atoms with Crippen LogP contribution in [0, 0.1) is 11.5 Å². The Morgan fingerprint density at radius 3 is 2.83 bits per heavy atom. The number of nitrogens with one attached hydrogen (secondary N) is 1. The topological polar surface area (TPSA) is 92.7 Å². The molecular formula is C12H16N4O2. The zero-order valence-electron chi connectivity index (χ0n) is 10.4. The number of nitrogens with zero attached hydrogens (tertiary/aromatic N) is 2. The predicted molar refractivity (Wildman–Crippen MR) is 68.5 cm³/mol. The summed E-state index contributed by atoms with van der Waals surface area (Å²) in [5.41, 5.74) is 6.41. The lowest BCUT2D eigenvalue weighted by Gasteiger charge is -2.09. The molecule has 0 aliphatic rings. The summed E-state index contributed by atoms with van der Waals surface area (Å²) in [6.07, 6.45) is 2.35. The van der Waals surface area contributed by atoms with Crippen molar-refractivity contribution in [2.45, 2.75) is 6.42 Å². The largest absolute Gasteiger partial charge is 0.497 e. The second kappa shape index (κ2) is 7.01. The van der Waals surface area contributed by atoms with E-state index in [1.807, 2.05) is 18.2 Å². The normalized spacial score (nSPS) is 10.6. The average molecular weight is 248 g/mol. The molecule has 0 aliphatic heterocycles. The molecule has 1 rings (SSSR count). The van der Waals surface area contributed by atoms with E-state index in [4.69, 9.17) is 20.5 Å². The van der Waals surface area contributed by atoms with Crippen molar-refractivity contribution in [2.24, 2.45) is 10.7 Å². The molecule has 0 radical (unpaired) electrons. The number of guanidine groups is 1. The van der Waals surface area contributed by atoms with Crippen LogP contribution >= 0.6 is 0 Å². The Kier molecular flexibility index (Phi) is 5.32. The van der Waals surface area contributed by atoms with Crippen LogP contribution in [0.4, 0.5) is 0 Å². The standard InChI is InChI=1S/C12H16N4O2/c1-17-10-3-4-11(18-2)9(7-10)5-6-15-12(14)16-8-13/h3-4,7H,5-6H2,1-2H3,(H3,14,15,16). The minimum Gasteiger partial charge on any atom is -0.497 e. The molecule has 0 saturated carbocycles. The van der Waals surface area contributed by atoms with Crippen molar-refractivity contribution in [2.75, 3.05) is 20.8 Å². The maximum Gasteiger partial charge on any atom is 0.202 e. The van der Waals surface area contributed by atoms with Gasteiger partial charge in [-0.15, -0.1) is 0 Å². The third-order valence-electron chi connectivity index (χ3n) is 2.33. The van der Waals surface area contributed by atoms with Crippen molar-refractivity contribution in [3.05, 3.63) is 23.8 Å². The molecule has 18 heavy (non-hydrogen) atoms. The highest BCUT2D eigenvalue weighted by molar-refractivity contribution is 5.79. The Bertz CT molecular complexity index is 466. The fourth-order valence-electron chi connectivity index (χ4n) is 1.47. The van der Waals surface area contributed by atoms with Crippen LogP contribution in [-0.4, -0.2) is 26.7 Å². The number of nitrogens with two attached hydrogens (primary N) is 1. The summed E-state index contributed by atoms with van der Waals surface area (Å²) >= 11 is 0. The van der Waals surface area contributed by atoms with Gasteiger partial charge < -0.3 is 15.2 Å². The van der Waals surface area contributed by atoms with Crippen LogP contribution in [0.25, 0.3) is 0 Å². The summed E-state index contributed by atoms with van der Waals surface area (Å²) < 4.78 is 10.4. The lowest BCUT2D eigenvalue weighted by molar-refractivity contribution is 0.399. The van der Waals surface area contributed by atoms with Crippen LogP contribution in [0.1, 0.15) is 5.56 Å². The van der Waals surface area contributed by atoms with E-state index in [-0.39, 0.29) is 5.96 Å². The highest BCUT2D eigenvalue weighted by atomic mass is 16.5. The number of rotatable bonds is 5. The van der Waals surface area contributed by atoms with Crippen LogP contribution in [0.5, 0.6) is 11.5 Å². The van der Waals surface area contributed by atoms with E-state index >= 15 is 0 Å². The van der Waals surface area contributed by atoms with Crippen molar-refractivity contribution >= 4 is 5.96 Å². The Hall–Kier alpha value is -2.42. The van der Waals surface area contributed by atoms with Gasteiger partial charge in [-0.1, -0.05) is 0 Å². The first-order chi connectivity index (χ1) is 8.71. The molecule has 1 aromatic carbocycles. The zero-order valence-corrected chi connectivity index (χ0v) is 10.4. The van der Waals surface area contributed by atoms with Crippen molar-refractivity contribution < 1.29 is 9.47 Å². The van der Waals surface area contributed by atoms with Crippen LogP contribution in [0.15, 0.2) is 23.2 Å². The third-order valence-corrected chi connectivity index (χ3v) is 2.33. The first-order valence-electron chi connectivity index (χ1n) is 5.37. The number of aliphatic imine (C=N–C) groups is 1. The molecule has 0 bridgehead atoms. The number of hydrogen-bond donors (Lipinski definition) is 2. The fraction of sp³-hybridized carbons (Fsp3) is 0.333. The van der Waals surface area contributed by atoms with Gasteiger partial charge in [0, 0.05) is 6.54 Å². The Balaban J connectivity index is 2.71. The monoisotopic (exact) mass is 248 g/mol. The highest BCUT2D eigenvalue weighted by Crippen LogP contribution is 2.24. The van der Waals surface area contributed by atoms with Crippen LogP contribution in [0.3, 0.4) is 0 Å². The van der Waals surface area contributed by atoms with Gasteiger partial charge in [0.1, 0.15) is 11.5 Å². The summed E-state index contributed by atoms with van der Waals surface area (Å²) in [6.45, 7) is 0.462. The molecule has 0 fully saturated rings. The summed E-state index contributed by atoms with van der Waals surface area (Å²) in [6, 6.07) is 5.56. The van der Waals surface area contributed by atoms with E-state index in [1.54, 1.807) is 20.4 Å². The molecule has 0 unspecified atom stereocenters. The van der Waals surface area contributed by atoms with E-state index in [9.17, 15) is 0 Å². The molecule has 0 aliphatic carbocycles. The molecule has 0 heterocycles. The molecule has 0 spiro atoms. The van der Waals surface area contributed by atoms with Gasteiger partial charge in [0.15, 0.2) is 6.19 Å². The molecule has 0 amide bonds. The van der Waals surface area contributed by atoms with E-state index in [0.717, 1.165) is 17.1 Å². The Labute approximate surface area is 106 Å². The molecule has 6 nitrogen and oxygen atoms in total. The number of benzene rings is 1. The summed E-state index contributed by atoms with van der Waals surface area (Å²) in [5.74, 6) is 1.65. The quantitative estimate of drug-likeness (QED) is 0.345. The number of methoxy groups -OCH3 is 2. The van der Waals surface area contributed by atoms with Gasteiger partial charge in [-0.2, -0.15) is 5.26 Å². The Morgan fingerprint density at radius 2 is 2.22 bits per heavy atom. The van der Waals surface area contributed by atoms with Gasteiger partial charge in [0.2, 0.25) is 5.96 Å². The molecule has 0 aromatic heterocycles. The van der Waals surface area contributed by atoms with Gasteiger partial charge in [-0.05, 0) is 30.2 Å². The number of nitriles is 1. The van der Waals surface area contributed by atoms with Crippen molar-refractivity contribution in [1.82, 2.24) is 5.32 Å². The van der Waals surface area contributed by atoms with Gasteiger partial charge in [0.05, 0.1) is 14.2 Å². The average Bonchev–Trinajstić information content (AvgIpc) is 2.39. The predicted octanol–water partition coefficient (Wildman–Crippen LogP) is 0.632. The van der Waals surface area contributed by atoms with Gasteiger partial charge in [-0.3, -0.25) is 10.3 Å². The SMILES string of the molecule is COc1ccc(OC)c(CCN=C(N)NC#N)c1. The van der Waals surface area contributed by atoms with E-state index in [0.29, 0.717) is 13.0 Å².